The number of hydrogen-bond donors (Lipinski definition) is 2. The monoisotopic (exact) mass is 244 g/mol. The van der Waals surface area contributed by atoms with Gasteiger partial charge in [0.2, 0.25) is 0 Å². The average Bonchev–Trinajstić information content (AvgIpc) is 2.07. The summed E-state index contributed by atoms with van der Waals surface area (Å²) in [6, 6.07) is 5.37. The summed E-state index contributed by atoms with van der Waals surface area (Å²) in [6.45, 7) is 1.76. The van der Waals surface area contributed by atoms with Gasteiger partial charge in [-0.05, 0) is 47.3 Å². The Morgan fingerprint density at radius 3 is 2.77 bits per heavy atom. The van der Waals surface area contributed by atoms with E-state index in [4.69, 9.17) is 5.11 Å². The van der Waals surface area contributed by atoms with Crippen molar-refractivity contribution in [3.8, 4) is 5.75 Å². The van der Waals surface area contributed by atoms with Crippen molar-refractivity contribution in [2.24, 2.45) is 0 Å². The molecule has 3 heteroatoms. The van der Waals surface area contributed by atoms with Crippen LogP contribution in [0.5, 0.6) is 5.75 Å². The molecule has 0 amide bonds. The third kappa shape index (κ3) is 3.01. The Morgan fingerprint density at radius 2 is 2.15 bits per heavy atom. The van der Waals surface area contributed by atoms with Gasteiger partial charge in [-0.25, -0.2) is 0 Å². The van der Waals surface area contributed by atoms with Gasteiger partial charge in [-0.1, -0.05) is 12.1 Å². The highest BCUT2D eigenvalue weighted by molar-refractivity contribution is 9.10. The fraction of sp³-hybridized carbons (Fsp3) is 0.400. The molecule has 1 atom stereocenters. The van der Waals surface area contributed by atoms with E-state index in [9.17, 15) is 5.11 Å². The Morgan fingerprint density at radius 1 is 1.46 bits per heavy atom. The molecule has 0 fully saturated rings. The van der Waals surface area contributed by atoms with Crippen LogP contribution >= 0.6 is 15.9 Å². The first-order chi connectivity index (χ1) is 6.11. The second-order valence-corrected chi connectivity index (χ2v) is 3.93. The van der Waals surface area contributed by atoms with Crippen molar-refractivity contribution >= 4 is 15.9 Å². The summed E-state index contributed by atoms with van der Waals surface area (Å²) in [4.78, 5) is 0. The minimum atomic E-state index is -0.297. The van der Waals surface area contributed by atoms with Crippen molar-refractivity contribution in [3.63, 3.8) is 0 Å². The molecular formula is C10H13BrO2. The molecule has 0 aliphatic carbocycles. The topological polar surface area (TPSA) is 40.5 Å². The first kappa shape index (κ1) is 10.5. The van der Waals surface area contributed by atoms with Crippen LogP contribution in [0.3, 0.4) is 0 Å². The molecule has 13 heavy (non-hydrogen) atoms. The smallest absolute Gasteiger partial charge is 0.130 e. The second-order valence-electron chi connectivity index (χ2n) is 3.14. The van der Waals surface area contributed by atoms with Gasteiger partial charge in [0.25, 0.3) is 0 Å². The van der Waals surface area contributed by atoms with Crippen molar-refractivity contribution < 1.29 is 10.2 Å². The summed E-state index contributed by atoms with van der Waals surface area (Å²) in [7, 11) is 0. The molecule has 0 spiro atoms. The number of halogens is 1. The molecule has 0 aliphatic heterocycles. The fourth-order valence-corrected chi connectivity index (χ4v) is 1.59. The van der Waals surface area contributed by atoms with Gasteiger partial charge in [-0.3, -0.25) is 0 Å². The normalized spacial score (nSPS) is 12.8. The van der Waals surface area contributed by atoms with E-state index in [1.165, 1.54) is 0 Å². The molecule has 2 nitrogen and oxygen atoms in total. The Hall–Kier alpha value is -0.540. The quantitative estimate of drug-likeness (QED) is 0.858. The van der Waals surface area contributed by atoms with Crippen LogP contribution in [0, 0.1) is 0 Å². The molecular weight excluding hydrogens is 232 g/mol. The van der Waals surface area contributed by atoms with Gasteiger partial charge in [-0.2, -0.15) is 0 Å². The summed E-state index contributed by atoms with van der Waals surface area (Å²) in [6.07, 6.45) is 1.18. The summed E-state index contributed by atoms with van der Waals surface area (Å²) in [5.74, 6) is 0.253. The molecule has 0 saturated carbocycles. The maximum Gasteiger partial charge on any atom is 0.130 e. The lowest BCUT2D eigenvalue weighted by Gasteiger charge is -2.07. The van der Waals surface area contributed by atoms with Crippen LogP contribution in [0.2, 0.25) is 0 Å². The molecule has 72 valence electrons. The van der Waals surface area contributed by atoms with E-state index >= 15 is 0 Å². The van der Waals surface area contributed by atoms with E-state index in [0.717, 1.165) is 16.5 Å². The molecule has 0 saturated heterocycles. The van der Waals surface area contributed by atoms with Crippen molar-refractivity contribution in [1.82, 2.24) is 0 Å². The minimum absolute atomic E-state index is 0.253. The standard InChI is InChI=1S/C10H13BrO2/c1-7(12)5-6-8-3-2-4-9(13)10(8)11/h2-4,7,12-13H,5-6H2,1H3. The van der Waals surface area contributed by atoms with Crippen LogP contribution in [-0.4, -0.2) is 16.3 Å². The first-order valence-electron chi connectivity index (χ1n) is 4.25. The number of phenols is 1. The van der Waals surface area contributed by atoms with Crippen LogP contribution < -0.4 is 0 Å². The van der Waals surface area contributed by atoms with Crippen molar-refractivity contribution in [1.29, 1.82) is 0 Å². The molecule has 0 heterocycles. The Labute approximate surface area is 86.3 Å². The van der Waals surface area contributed by atoms with Crippen LogP contribution in [0.1, 0.15) is 18.9 Å². The zero-order valence-corrected chi connectivity index (χ0v) is 9.08. The summed E-state index contributed by atoms with van der Waals surface area (Å²) >= 11 is 3.30. The van der Waals surface area contributed by atoms with Gasteiger partial charge in [0.05, 0.1) is 10.6 Å². The first-order valence-corrected chi connectivity index (χ1v) is 5.05. The SMILES string of the molecule is CC(O)CCc1cccc(O)c1Br. The largest absolute Gasteiger partial charge is 0.507 e. The number of rotatable bonds is 3. The Balaban J connectivity index is 2.71. The van der Waals surface area contributed by atoms with E-state index < -0.39 is 0 Å². The van der Waals surface area contributed by atoms with E-state index in [1.54, 1.807) is 19.1 Å². The van der Waals surface area contributed by atoms with E-state index in [0.29, 0.717) is 6.42 Å². The van der Waals surface area contributed by atoms with Crippen LogP contribution in [-0.2, 0) is 6.42 Å². The highest BCUT2D eigenvalue weighted by atomic mass is 79.9. The van der Waals surface area contributed by atoms with Gasteiger partial charge in [0.15, 0.2) is 0 Å². The lowest BCUT2D eigenvalue weighted by atomic mass is 10.1. The summed E-state index contributed by atoms with van der Waals surface area (Å²) in [5.41, 5.74) is 1.03. The van der Waals surface area contributed by atoms with Crippen LogP contribution in [0.25, 0.3) is 0 Å². The molecule has 0 radical (unpaired) electrons. The fourth-order valence-electron chi connectivity index (χ4n) is 1.12. The molecule has 2 N–H and O–H groups in total. The van der Waals surface area contributed by atoms with Crippen molar-refractivity contribution in [2.45, 2.75) is 25.9 Å². The molecule has 1 rings (SSSR count). The van der Waals surface area contributed by atoms with Gasteiger partial charge >= 0.3 is 0 Å². The lowest BCUT2D eigenvalue weighted by Crippen LogP contribution is -2.01. The third-order valence-electron chi connectivity index (χ3n) is 1.89. The molecule has 0 aliphatic rings. The number of aliphatic hydroxyl groups excluding tert-OH is 1. The number of benzene rings is 1. The van der Waals surface area contributed by atoms with Gasteiger partial charge in [0, 0.05) is 0 Å². The molecule has 1 unspecified atom stereocenters. The van der Waals surface area contributed by atoms with Crippen molar-refractivity contribution in [3.05, 3.63) is 28.2 Å². The predicted molar refractivity (Wildman–Crippen MR) is 55.8 cm³/mol. The number of hydrogen-bond acceptors (Lipinski definition) is 2. The maximum atomic E-state index is 9.36. The average molecular weight is 245 g/mol. The summed E-state index contributed by atoms with van der Waals surface area (Å²) < 4.78 is 0.732. The highest BCUT2D eigenvalue weighted by Gasteiger charge is 2.05. The number of aliphatic hydroxyl groups is 1. The minimum Gasteiger partial charge on any atom is -0.507 e. The van der Waals surface area contributed by atoms with Gasteiger partial charge in [-0.15, -0.1) is 0 Å². The van der Waals surface area contributed by atoms with Crippen LogP contribution in [0.4, 0.5) is 0 Å². The van der Waals surface area contributed by atoms with Gasteiger partial charge in [0.1, 0.15) is 5.75 Å². The zero-order valence-electron chi connectivity index (χ0n) is 7.50. The predicted octanol–water partition coefficient (Wildman–Crippen LogP) is 2.47. The number of aromatic hydroxyl groups is 1. The Kier molecular flexibility index (Phi) is 3.75. The highest BCUT2D eigenvalue weighted by Crippen LogP contribution is 2.28. The molecule has 1 aromatic carbocycles. The number of phenolic OH excluding ortho intramolecular Hbond substituents is 1. The molecule has 0 bridgehead atoms. The second kappa shape index (κ2) is 4.63. The molecule has 1 aromatic rings. The third-order valence-corrected chi connectivity index (χ3v) is 2.81. The lowest BCUT2D eigenvalue weighted by molar-refractivity contribution is 0.185. The number of aryl methyl sites for hydroxylation is 1. The summed E-state index contributed by atoms with van der Waals surface area (Å²) in [5, 5.41) is 18.5. The van der Waals surface area contributed by atoms with Crippen molar-refractivity contribution in [2.75, 3.05) is 0 Å². The van der Waals surface area contributed by atoms with Crippen LogP contribution in [0.15, 0.2) is 22.7 Å². The Bertz CT molecular complexity index is 284. The van der Waals surface area contributed by atoms with E-state index in [2.05, 4.69) is 15.9 Å². The van der Waals surface area contributed by atoms with E-state index in [1.807, 2.05) is 6.07 Å². The zero-order chi connectivity index (χ0) is 9.84. The molecule has 0 aromatic heterocycles. The maximum absolute atomic E-state index is 9.36. The van der Waals surface area contributed by atoms with E-state index in [-0.39, 0.29) is 11.9 Å². The van der Waals surface area contributed by atoms with Gasteiger partial charge < -0.3 is 10.2 Å².